The maximum atomic E-state index is 12.9. The highest BCUT2D eigenvalue weighted by molar-refractivity contribution is 6.13. The molecule has 15 heavy (non-hydrogen) atoms. The Morgan fingerprint density at radius 3 is 2.80 bits per heavy atom. The van der Waals surface area contributed by atoms with E-state index in [4.69, 9.17) is 0 Å². The molecule has 0 saturated carbocycles. The van der Waals surface area contributed by atoms with E-state index in [0.29, 0.717) is 12.0 Å². The second-order valence-electron chi connectivity index (χ2n) is 3.93. The number of carbonyl (C=O) groups excluding carboxylic acids is 1. The number of rotatable bonds is 1. The standard InChI is InChI=1S/C12H12FNO/c1-14(2)7-9-5-8-3-4-10(13)6-11(8)12(9)15/h3-4,6-7H,5H2,1-2H3/b9-7+. The molecule has 1 aromatic rings. The van der Waals surface area contributed by atoms with Crippen molar-refractivity contribution in [1.82, 2.24) is 4.90 Å². The van der Waals surface area contributed by atoms with E-state index in [9.17, 15) is 9.18 Å². The number of ketones is 1. The van der Waals surface area contributed by atoms with E-state index >= 15 is 0 Å². The smallest absolute Gasteiger partial charge is 0.191 e. The van der Waals surface area contributed by atoms with Crippen LogP contribution in [0, 0.1) is 5.82 Å². The van der Waals surface area contributed by atoms with Crippen LogP contribution in [0.1, 0.15) is 15.9 Å². The van der Waals surface area contributed by atoms with Crippen LogP contribution in [-0.4, -0.2) is 24.8 Å². The van der Waals surface area contributed by atoms with Crippen LogP contribution in [-0.2, 0) is 6.42 Å². The van der Waals surface area contributed by atoms with Gasteiger partial charge in [0.25, 0.3) is 0 Å². The van der Waals surface area contributed by atoms with Gasteiger partial charge in [-0.25, -0.2) is 4.39 Å². The van der Waals surface area contributed by atoms with Crippen molar-refractivity contribution in [3.8, 4) is 0 Å². The Balaban J connectivity index is 2.42. The van der Waals surface area contributed by atoms with Gasteiger partial charge in [-0.1, -0.05) is 6.07 Å². The molecule has 1 aromatic carbocycles. The van der Waals surface area contributed by atoms with Crippen LogP contribution in [0.3, 0.4) is 0 Å². The Kier molecular flexibility index (Phi) is 2.31. The molecule has 0 bridgehead atoms. The number of benzene rings is 1. The van der Waals surface area contributed by atoms with Gasteiger partial charge in [0.05, 0.1) is 0 Å². The third-order valence-electron chi connectivity index (χ3n) is 2.40. The zero-order valence-corrected chi connectivity index (χ0v) is 8.75. The van der Waals surface area contributed by atoms with Crippen LogP contribution in [0.2, 0.25) is 0 Å². The fraction of sp³-hybridized carbons (Fsp3) is 0.250. The highest BCUT2D eigenvalue weighted by atomic mass is 19.1. The lowest BCUT2D eigenvalue weighted by Gasteiger charge is -2.05. The largest absolute Gasteiger partial charge is 0.383 e. The summed E-state index contributed by atoms with van der Waals surface area (Å²) in [5.41, 5.74) is 2.14. The van der Waals surface area contributed by atoms with E-state index in [1.165, 1.54) is 12.1 Å². The first-order valence-corrected chi connectivity index (χ1v) is 4.78. The first kappa shape index (κ1) is 9.90. The molecule has 0 radical (unpaired) electrons. The van der Waals surface area contributed by atoms with Crippen LogP contribution in [0.25, 0.3) is 0 Å². The van der Waals surface area contributed by atoms with Crippen LogP contribution < -0.4 is 0 Å². The fourth-order valence-electron chi connectivity index (χ4n) is 1.79. The molecule has 1 aliphatic carbocycles. The van der Waals surface area contributed by atoms with Gasteiger partial charge in [0.1, 0.15) is 5.82 Å². The summed E-state index contributed by atoms with van der Waals surface area (Å²) in [7, 11) is 3.73. The van der Waals surface area contributed by atoms with Gasteiger partial charge in [0.15, 0.2) is 5.78 Å². The molecular formula is C12H12FNO. The molecule has 0 N–H and O–H groups in total. The van der Waals surface area contributed by atoms with Crippen molar-refractivity contribution in [3.63, 3.8) is 0 Å². The Morgan fingerprint density at radius 2 is 2.13 bits per heavy atom. The monoisotopic (exact) mass is 205 g/mol. The second kappa shape index (κ2) is 3.50. The average Bonchev–Trinajstić information content (AvgIpc) is 2.44. The van der Waals surface area contributed by atoms with Crippen molar-refractivity contribution in [3.05, 3.63) is 46.9 Å². The Morgan fingerprint density at radius 1 is 1.40 bits per heavy atom. The number of hydrogen-bond acceptors (Lipinski definition) is 2. The van der Waals surface area contributed by atoms with Crippen molar-refractivity contribution in [1.29, 1.82) is 0 Å². The molecule has 0 saturated heterocycles. The summed E-state index contributed by atoms with van der Waals surface area (Å²) in [6.45, 7) is 0. The summed E-state index contributed by atoms with van der Waals surface area (Å²) in [6, 6.07) is 4.39. The SMILES string of the molecule is CN(C)/C=C1\Cc2ccc(F)cc2C1=O. The van der Waals surface area contributed by atoms with Gasteiger partial charge in [0.2, 0.25) is 0 Å². The van der Waals surface area contributed by atoms with E-state index in [2.05, 4.69) is 0 Å². The van der Waals surface area contributed by atoms with Crippen molar-refractivity contribution in [2.24, 2.45) is 0 Å². The minimum Gasteiger partial charge on any atom is -0.383 e. The molecule has 2 nitrogen and oxygen atoms in total. The molecular weight excluding hydrogens is 193 g/mol. The molecule has 1 aliphatic rings. The number of Topliss-reactive ketones (excluding diaryl/α,β-unsaturated/α-hetero) is 1. The van der Waals surface area contributed by atoms with Crippen molar-refractivity contribution >= 4 is 5.78 Å². The van der Waals surface area contributed by atoms with E-state index in [-0.39, 0.29) is 11.6 Å². The van der Waals surface area contributed by atoms with Gasteiger partial charge >= 0.3 is 0 Å². The van der Waals surface area contributed by atoms with E-state index in [1.54, 1.807) is 12.3 Å². The maximum absolute atomic E-state index is 12.9. The number of nitrogens with zero attached hydrogens (tertiary/aromatic N) is 1. The molecule has 0 spiro atoms. The molecule has 78 valence electrons. The first-order chi connectivity index (χ1) is 7.08. The quantitative estimate of drug-likeness (QED) is 0.654. The van der Waals surface area contributed by atoms with Crippen LogP contribution >= 0.6 is 0 Å². The van der Waals surface area contributed by atoms with Crippen molar-refractivity contribution in [2.75, 3.05) is 14.1 Å². The number of fused-ring (bicyclic) bond motifs is 1. The highest BCUT2D eigenvalue weighted by Gasteiger charge is 2.25. The van der Waals surface area contributed by atoms with Crippen molar-refractivity contribution in [2.45, 2.75) is 6.42 Å². The summed E-state index contributed by atoms with van der Waals surface area (Å²) in [5.74, 6) is -0.411. The summed E-state index contributed by atoms with van der Waals surface area (Å²) in [5, 5.41) is 0. The van der Waals surface area contributed by atoms with Crippen LogP contribution in [0.15, 0.2) is 30.0 Å². The number of carbonyl (C=O) groups is 1. The maximum Gasteiger partial charge on any atom is 0.191 e. The Bertz CT molecular complexity index is 449. The van der Waals surface area contributed by atoms with Gasteiger partial charge in [-0.15, -0.1) is 0 Å². The molecule has 0 fully saturated rings. The summed E-state index contributed by atoms with van der Waals surface area (Å²) in [4.78, 5) is 13.7. The average molecular weight is 205 g/mol. The third-order valence-corrected chi connectivity index (χ3v) is 2.40. The third kappa shape index (κ3) is 1.77. The van der Waals surface area contributed by atoms with Crippen LogP contribution in [0.4, 0.5) is 4.39 Å². The predicted octanol–water partition coefficient (Wildman–Crippen LogP) is 2.01. The first-order valence-electron chi connectivity index (χ1n) is 4.78. The zero-order chi connectivity index (χ0) is 11.0. The van der Waals surface area contributed by atoms with Crippen LogP contribution in [0.5, 0.6) is 0 Å². The number of allylic oxidation sites excluding steroid dienone is 1. The lowest BCUT2D eigenvalue weighted by atomic mass is 10.1. The number of hydrogen-bond donors (Lipinski definition) is 0. The molecule has 0 atom stereocenters. The van der Waals surface area contributed by atoms with Gasteiger partial charge in [-0.2, -0.15) is 0 Å². The second-order valence-corrected chi connectivity index (χ2v) is 3.93. The summed E-state index contributed by atoms with van der Waals surface area (Å²) in [6.07, 6.45) is 2.40. The zero-order valence-electron chi connectivity index (χ0n) is 8.75. The molecule has 0 aliphatic heterocycles. The highest BCUT2D eigenvalue weighted by Crippen LogP contribution is 2.26. The minimum atomic E-state index is -0.354. The Labute approximate surface area is 88.0 Å². The van der Waals surface area contributed by atoms with Gasteiger partial charge in [0, 0.05) is 37.9 Å². The van der Waals surface area contributed by atoms with Gasteiger partial charge < -0.3 is 4.90 Å². The number of halogens is 1. The Hall–Kier alpha value is -1.64. The molecule has 0 unspecified atom stereocenters. The van der Waals surface area contributed by atoms with E-state index in [1.807, 2.05) is 19.0 Å². The molecule has 0 aromatic heterocycles. The van der Waals surface area contributed by atoms with E-state index < -0.39 is 0 Å². The van der Waals surface area contributed by atoms with Gasteiger partial charge in [-0.05, 0) is 17.7 Å². The summed E-state index contributed by atoms with van der Waals surface area (Å²) < 4.78 is 12.9. The lowest BCUT2D eigenvalue weighted by molar-refractivity contribution is 0.103. The molecule has 0 heterocycles. The molecule has 0 amide bonds. The molecule has 3 heteroatoms. The summed E-state index contributed by atoms with van der Waals surface area (Å²) >= 11 is 0. The van der Waals surface area contributed by atoms with E-state index in [0.717, 1.165) is 11.1 Å². The lowest BCUT2D eigenvalue weighted by Crippen LogP contribution is -2.06. The topological polar surface area (TPSA) is 20.3 Å². The van der Waals surface area contributed by atoms with Gasteiger partial charge in [-0.3, -0.25) is 4.79 Å². The normalized spacial score (nSPS) is 17.0. The predicted molar refractivity (Wildman–Crippen MR) is 56.2 cm³/mol. The van der Waals surface area contributed by atoms with Crippen molar-refractivity contribution < 1.29 is 9.18 Å². The molecule has 2 rings (SSSR count). The minimum absolute atomic E-state index is 0.0572. The fourth-order valence-corrected chi connectivity index (χ4v) is 1.79.